The molecule has 14 heteroatoms. The second-order valence-electron chi connectivity index (χ2n) is 15.8. The van der Waals surface area contributed by atoms with Gasteiger partial charge in [-0.3, -0.25) is 14.9 Å². The fourth-order valence-corrected chi connectivity index (χ4v) is 6.72. The van der Waals surface area contributed by atoms with Crippen molar-refractivity contribution in [2.45, 2.75) is 116 Å². The van der Waals surface area contributed by atoms with Gasteiger partial charge in [0.05, 0.1) is 23.1 Å². The van der Waals surface area contributed by atoms with Crippen molar-refractivity contribution < 1.29 is 38.3 Å². The highest BCUT2D eigenvalue weighted by atomic mass is 28.4. The summed E-state index contributed by atoms with van der Waals surface area (Å²) in [6.45, 7) is 17.4. The smallest absolute Gasteiger partial charge is 0.465 e. The quantitative estimate of drug-likeness (QED) is 0.0300. The summed E-state index contributed by atoms with van der Waals surface area (Å²) in [5.74, 6) is 0.114. The van der Waals surface area contributed by atoms with Gasteiger partial charge < -0.3 is 33.6 Å². The van der Waals surface area contributed by atoms with E-state index in [1.54, 1.807) is 51.1 Å². The summed E-state index contributed by atoms with van der Waals surface area (Å²) < 4.78 is 23.5. The first-order valence-corrected chi connectivity index (χ1v) is 21.2. The van der Waals surface area contributed by atoms with E-state index < -0.39 is 37.2 Å². The Labute approximate surface area is 313 Å². The lowest BCUT2D eigenvalue weighted by molar-refractivity contribution is -0.384. The third-order valence-electron chi connectivity index (χ3n) is 9.34. The number of benzene rings is 2. The number of carbonyl (C=O) groups excluding carboxylic acids is 1. The van der Waals surface area contributed by atoms with Crippen LogP contribution >= 0.6 is 0 Å². The van der Waals surface area contributed by atoms with Crippen LogP contribution in [0.15, 0.2) is 53.3 Å². The van der Waals surface area contributed by atoms with Crippen LogP contribution in [0, 0.1) is 10.1 Å². The Balaban J connectivity index is 1.61. The van der Waals surface area contributed by atoms with Crippen LogP contribution in [0.3, 0.4) is 0 Å². The van der Waals surface area contributed by atoms with E-state index >= 15 is 0 Å². The monoisotopic (exact) mass is 755 g/mol. The molecule has 2 aromatic carbocycles. The molecule has 3 rings (SSSR count). The summed E-state index contributed by atoms with van der Waals surface area (Å²) >= 11 is 0. The summed E-state index contributed by atoms with van der Waals surface area (Å²) in [5.41, 5.74) is 0.959. The van der Waals surface area contributed by atoms with Crippen LogP contribution in [0.2, 0.25) is 18.1 Å². The number of H-pyrrole nitrogens is 1. The van der Waals surface area contributed by atoms with Gasteiger partial charge in [-0.05, 0) is 94.3 Å². The minimum atomic E-state index is -2.44. The largest absolute Gasteiger partial charge is 0.514 e. The molecule has 1 heterocycles. The average molecular weight is 756 g/mol. The molecule has 0 saturated heterocycles. The van der Waals surface area contributed by atoms with Crippen LogP contribution in [-0.4, -0.2) is 72.4 Å². The average Bonchev–Trinajstić information content (AvgIpc) is 3.05. The van der Waals surface area contributed by atoms with E-state index in [1.807, 2.05) is 0 Å². The van der Waals surface area contributed by atoms with Gasteiger partial charge in [0.1, 0.15) is 5.60 Å². The van der Waals surface area contributed by atoms with Crippen LogP contribution in [0.1, 0.15) is 97.3 Å². The van der Waals surface area contributed by atoms with Crippen molar-refractivity contribution >= 4 is 37.2 Å². The van der Waals surface area contributed by atoms with Gasteiger partial charge in [0.2, 0.25) is 5.56 Å². The number of hydrogen-bond donors (Lipinski definition) is 2. The molecule has 53 heavy (non-hydrogen) atoms. The number of carbonyl (C=O) groups is 2. The number of non-ortho nitro benzene ring substituents is 1. The molecule has 0 saturated carbocycles. The number of nitrogens with zero attached hydrogens (tertiary/aromatic N) is 2. The molecular formula is C39H57N3O10Si. The number of unbranched alkanes of at least 4 members (excludes halogenated alkanes) is 4. The molecular weight excluding hydrogens is 699 g/mol. The SMILES string of the molecule is CC(C)(C)OC(=O)Oc1ccc(C(CN(CCCCCCOCCCCc2ccc([N+](=O)[O-])cc2)C(=O)O)O[Si](C)(C)C(C)(C)C)c2ccc(=O)[nH]c12. The van der Waals surface area contributed by atoms with Gasteiger partial charge in [-0.2, -0.15) is 0 Å². The second-order valence-corrected chi connectivity index (χ2v) is 20.6. The predicted octanol–water partition coefficient (Wildman–Crippen LogP) is 9.39. The van der Waals surface area contributed by atoms with Crippen molar-refractivity contribution in [2.24, 2.45) is 0 Å². The van der Waals surface area contributed by atoms with Crippen molar-refractivity contribution in [3.8, 4) is 5.75 Å². The van der Waals surface area contributed by atoms with Gasteiger partial charge in [-0.1, -0.05) is 51.8 Å². The van der Waals surface area contributed by atoms with E-state index in [2.05, 4.69) is 38.8 Å². The molecule has 0 radical (unpaired) electrons. The van der Waals surface area contributed by atoms with Crippen molar-refractivity contribution in [3.05, 3.63) is 80.1 Å². The minimum Gasteiger partial charge on any atom is -0.465 e. The number of rotatable bonds is 19. The number of aryl methyl sites for hydroxylation is 1. The lowest BCUT2D eigenvalue weighted by Crippen LogP contribution is -2.45. The van der Waals surface area contributed by atoms with Crippen LogP contribution < -0.4 is 10.3 Å². The Bertz CT molecular complexity index is 1730. The maximum Gasteiger partial charge on any atom is 0.514 e. The van der Waals surface area contributed by atoms with Gasteiger partial charge in [0, 0.05) is 43.3 Å². The number of ether oxygens (including phenoxy) is 3. The van der Waals surface area contributed by atoms with E-state index in [0.29, 0.717) is 42.6 Å². The number of aromatic nitrogens is 1. The number of pyridine rings is 1. The summed E-state index contributed by atoms with van der Waals surface area (Å²) in [4.78, 5) is 52.1. The highest BCUT2D eigenvalue weighted by molar-refractivity contribution is 6.74. The normalized spacial score (nSPS) is 12.8. The Morgan fingerprint density at radius 3 is 2.15 bits per heavy atom. The van der Waals surface area contributed by atoms with Gasteiger partial charge in [0.15, 0.2) is 14.1 Å². The molecule has 13 nitrogen and oxygen atoms in total. The van der Waals surface area contributed by atoms with Crippen LogP contribution in [0.5, 0.6) is 5.75 Å². The van der Waals surface area contributed by atoms with Crippen molar-refractivity contribution in [3.63, 3.8) is 0 Å². The molecule has 1 aromatic heterocycles. The lowest BCUT2D eigenvalue weighted by atomic mass is 10.0. The molecule has 1 atom stereocenters. The van der Waals surface area contributed by atoms with E-state index in [0.717, 1.165) is 44.1 Å². The first-order chi connectivity index (χ1) is 24.8. The fraction of sp³-hybridized carbons (Fsp3) is 0.564. The molecule has 1 amide bonds. The van der Waals surface area contributed by atoms with Crippen molar-refractivity contribution in [1.29, 1.82) is 0 Å². The van der Waals surface area contributed by atoms with Crippen LogP contribution in [0.4, 0.5) is 15.3 Å². The molecule has 0 aliphatic carbocycles. The second kappa shape index (κ2) is 19.2. The van der Waals surface area contributed by atoms with E-state index in [-0.39, 0.29) is 28.6 Å². The number of aromatic amines is 1. The molecule has 1 unspecified atom stereocenters. The Kier molecular flexibility index (Phi) is 15.6. The number of nitrogens with one attached hydrogen (secondary N) is 1. The maximum absolute atomic E-state index is 12.6. The van der Waals surface area contributed by atoms with Crippen LogP contribution in [-0.2, 0) is 20.3 Å². The molecule has 0 aliphatic rings. The Morgan fingerprint density at radius 1 is 0.906 bits per heavy atom. The number of hydrogen-bond acceptors (Lipinski definition) is 9. The summed E-state index contributed by atoms with van der Waals surface area (Å²) in [6, 6.07) is 13.0. The lowest BCUT2D eigenvalue weighted by Gasteiger charge is -2.40. The first kappa shape index (κ1) is 43.1. The maximum atomic E-state index is 12.6. The molecule has 0 fully saturated rings. The third kappa shape index (κ3) is 13.9. The first-order valence-electron chi connectivity index (χ1n) is 18.3. The highest BCUT2D eigenvalue weighted by Gasteiger charge is 2.40. The van der Waals surface area contributed by atoms with E-state index in [9.17, 15) is 29.6 Å². The zero-order valence-electron chi connectivity index (χ0n) is 32.5. The highest BCUT2D eigenvalue weighted by Crippen LogP contribution is 2.41. The van der Waals surface area contributed by atoms with Crippen LogP contribution in [0.25, 0.3) is 10.9 Å². The third-order valence-corrected chi connectivity index (χ3v) is 13.8. The zero-order chi connectivity index (χ0) is 39.4. The molecule has 292 valence electrons. The summed E-state index contributed by atoms with van der Waals surface area (Å²) in [7, 11) is -2.44. The fourth-order valence-electron chi connectivity index (χ4n) is 5.45. The number of carboxylic acid groups (broad SMARTS) is 1. The number of nitro benzene ring substituents is 1. The number of amides is 1. The summed E-state index contributed by atoms with van der Waals surface area (Å²) in [6.07, 6.45) is 3.32. The predicted molar refractivity (Wildman–Crippen MR) is 207 cm³/mol. The molecule has 0 bridgehead atoms. The molecule has 2 N–H and O–H groups in total. The molecule has 3 aromatic rings. The van der Waals surface area contributed by atoms with Crippen molar-refractivity contribution in [1.82, 2.24) is 9.88 Å². The molecule has 0 spiro atoms. The van der Waals surface area contributed by atoms with Gasteiger partial charge in [-0.15, -0.1) is 0 Å². The van der Waals surface area contributed by atoms with E-state index in [1.165, 1.54) is 23.1 Å². The van der Waals surface area contributed by atoms with E-state index in [4.69, 9.17) is 18.6 Å². The molecule has 0 aliphatic heterocycles. The Hall–Kier alpha value is -4.27. The van der Waals surface area contributed by atoms with Gasteiger partial charge in [0.25, 0.3) is 5.69 Å². The number of fused-ring (bicyclic) bond motifs is 1. The standard InChI is InChI=1S/C39H57N3O10Si/c1-38(2,3)51-37(46)50-32-22-20-30(31-21-23-34(43)40-35(31)32)33(52-53(7,8)39(4,5)6)27-41(36(44)45)24-12-9-10-13-25-49-26-14-11-15-28-16-18-29(19-17-28)42(47)48/h16-23,33H,9-15,24-27H2,1-8H3,(H,40,43)(H,44,45). The topological polar surface area (TPSA) is 171 Å². The van der Waals surface area contributed by atoms with Gasteiger partial charge in [-0.25, -0.2) is 9.59 Å². The van der Waals surface area contributed by atoms with Gasteiger partial charge >= 0.3 is 12.2 Å². The number of nitro groups is 1. The minimum absolute atomic E-state index is 0.0747. The van der Waals surface area contributed by atoms with Crippen molar-refractivity contribution in [2.75, 3.05) is 26.3 Å². The summed E-state index contributed by atoms with van der Waals surface area (Å²) in [5, 5.41) is 21.5. The Morgan fingerprint density at radius 2 is 1.55 bits per heavy atom. The zero-order valence-corrected chi connectivity index (χ0v) is 33.5.